The summed E-state index contributed by atoms with van der Waals surface area (Å²) in [5, 5.41) is 0.554. The fourth-order valence-electron chi connectivity index (χ4n) is 4.31. The van der Waals surface area contributed by atoms with Crippen LogP contribution in [0.15, 0.2) is 24.3 Å². The first-order chi connectivity index (χ1) is 18.0. The molecule has 0 N–H and O–H groups in total. The molecule has 1 saturated heterocycles. The maximum atomic E-state index is 14.0. The first kappa shape index (κ1) is 29.6. The fraction of sp³-hybridized carbons (Fsp3) is 0.462. The van der Waals surface area contributed by atoms with Gasteiger partial charge in [0.25, 0.3) is 5.91 Å². The third kappa shape index (κ3) is 6.17. The van der Waals surface area contributed by atoms with E-state index < -0.39 is 0 Å². The van der Waals surface area contributed by atoms with Gasteiger partial charge in [0.2, 0.25) is 5.75 Å². The van der Waals surface area contributed by atoms with Gasteiger partial charge in [0.05, 0.1) is 48.8 Å². The van der Waals surface area contributed by atoms with E-state index in [4.69, 9.17) is 33.4 Å². The second-order valence-corrected chi connectivity index (χ2v) is 9.30. The van der Waals surface area contributed by atoms with E-state index in [1.165, 1.54) is 32.7 Å². The lowest BCUT2D eigenvalue weighted by Gasteiger charge is -2.28. The smallest absolute Gasteiger partial charge is 0.260 e. The maximum absolute atomic E-state index is 14.0. The minimum atomic E-state index is -0.224. The van der Waals surface area contributed by atoms with E-state index in [0.29, 0.717) is 51.5 Å². The summed E-state index contributed by atoms with van der Waals surface area (Å²) >= 11 is 1.39. The number of amides is 1. The summed E-state index contributed by atoms with van der Waals surface area (Å²) in [6, 6.07) is 6.97. The van der Waals surface area contributed by atoms with Crippen molar-refractivity contribution in [1.82, 2.24) is 9.88 Å². The topological polar surface area (TPSA) is 91.8 Å². The zero-order valence-electron chi connectivity index (χ0n) is 22.3. The number of methoxy groups -OCH3 is 5. The highest BCUT2D eigenvalue weighted by Gasteiger charge is 2.26. The Morgan fingerprint density at radius 2 is 1.55 bits per heavy atom. The first-order valence-corrected chi connectivity index (χ1v) is 12.8. The maximum Gasteiger partial charge on any atom is 0.260 e. The Balaban J connectivity index is 0.00000400. The largest absolute Gasteiger partial charge is 0.495 e. The van der Waals surface area contributed by atoms with Crippen molar-refractivity contribution in [2.45, 2.75) is 6.42 Å². The molecule has 10 nitrogen and oxygen atoms in total. The third-order valence-corrected chi connectivity index (χ3v) is 7.34. The second kappa shape index (κ2) is 13.7. The Bertz CT molecular complexity index is 1170. The summed E-state index contributed by atoms with van der Waals surface area (Å²) in [5.74, 6) is 2.31. The lowest BCUT2D eigenvalue weighted by atomic mass is 10.1. The number of rotatable bonds is 11. The minimum absolute atomic E-state index is 0. The highest BCUT2D eigenvalue weighted by molar-refractivity contribution is 7.22. The molecule has 12 heteroatoms. The van der Waals surface area contributed by atoms with Crippen LogP contribution in [-0.2, 0) is 4.74 Å². The molecule has 208 valence electrons. The molecular weight excluding hydrogens is 534 g/mol. The number of benzene rings is 2. The molecule has 1 aliphatic heterocycles. The number of anilines is 1. The number of hydrogen-bond acceptors (Lipinski definition) is 10. The molecule has 0 aliphatic carbocycles. The van der Waals surface area contributed by atoms with Crippen molar-refractivity contribution in [3.05, 3.63) is 29.8 Å². The Labute approximate surface area is 232 Å². The van der Waals surface area contributed by atoms with Crippen molar-refractivity contribution >= 4 is 45.0 Å². The van der Waals surface area contributed by atoms with Gasteiger partial charge >= 0.3 is 0 Å². The zero-order chi connectivity index (χ0) is 26.4. The number of halogens is 1. The molecule has 1 amide bonds. The van der Waals surface area contributed by atoms with Crippen LogP contribution >= 0.6 is 23.7 Å². The number of morpholine rings is 1. The van der Waals surface area contributed by atoms with E-state index in [-0.39, 0.29) is 18.3 Å². The molecule has 1 fully saturated rings. The van der Waals surface area contributed by atoms with Gasteiger partial charge in [-0.1, -0.05) is 11.3 Å². The van der Waals surface area contributed by atoms with E-state index in [9.17, 15) is 4.79 Å². The molecule has 1 aliphatic rings. The van der Waals surface area contributed by atoms with E-state index >= 15 is 0 Å². The molecule has 0 spiro atoms. The van der Waals surface area contributed by atoms with Gasteiger partial charge in [-0.3, -0.25) is 14.6 Å². The Morgan fingerprint density at radius 1 is 0.947 bits per heavy atom. The van der Waals surface area contributed by atoms with Gasteiger partial charge in [0.1, 0.15) is 21.7 Å². The lowest BCUT2D eigenvalue weighted by molar-refractivity contribution is 0.0376. The Hall–Kier alpha value is -2.99. The molecule has 0 unspecified atom stereocenters. The summed E-state index contributed by atoms with van der Waals surface area (Å²) < 4.78 is 33.8. The summed E-state index contributed by atoms with van der Waals surface area (Å²) in [5.41, 5.74) is 1.05. The molecule has 3 aromatic rings. The molecule has 0 saturated carbocycles. The highest BCUT2D eigenvalue weighted by atomic mass is 35.5. The zero-order valence-corrected chi connectivity index (χ0v) is 23.9. The van der Waals surface area contributed by atoms with Crippen molar-refractivity contribution in [3.63, 3.8) is 0 Å². The normalized spacial score (nSPS) is 13.5. The standard InChI is InChI=1S/C26H33N3O7S.ClH/c1-31-18-7-8-19(32-2)24-22(18)27-26(37-24)29(10-6-9-28-11-13-36-14-12-28)25(30)17-15-20(33-3)23(35-5)21(16-17)34-4;/h7-8,15-16H,6,9-14H2,1-5H3;1H. The van der Waals surface area contributed by atoms with Crippen LogP contribution < -0.4 is 28.6 Å². The van der Waals surface area contributed by atoms with Crippen LogP contribution in [0.5, 0.6) is 28.7 Å². The van der Waals surface area contributed by atoms with Crippen molar-refractivity contribution in [2.75, 3.05) is 79.8 Å². The fourth-order valence-corrected chi connectivity index (χ4v) is 5.41. The number of carbonyl (C=O) groups is 1. The number of thiazole rings is 1. The van der Waals surface area contributed by atoms with E-state index in [1.54, 1.807) is 31.3 Å². The van der Waals surface area contributed by atoms with Crippen LogP contribution in [0, 0.1) is 0 Å². The molecule has 1 aromatic heterocycles. The summed E-state index contributed by atoms with van der Waals surface area (Å²) in [6.45, 7) is 4.54. The predicted molar refractivity (Wildman–Crippen MR) is 150 cm³/mol. The summed E-state index contributed by atoms with van der Waals surface area (Å²) in [7, 11) is 7.79. The van der Waals surface area contributed by atoms with Gasteiger partial charge in [-0.2, -0.15) is 0 Å². The van der Waals surface area contributed by atoms with E-state index in [0.717, 1.165) is 44.0 Å². The summed E-state index contributed by atoms with van der Waals surface area (Å²) in [4.78, 5) is 22.9. The average molecular weight is 568 g/mol. The molecule has 0 atom stereocenters. The van der Waals surface area contributed by atoms with E-state index in [1.807, 2.05) is 12.1 Å². The number of aromatic nitrogens is 1. The molecule has 0 bridgehead atoms. The molecule has 2 heterocycles. The molecule has 38 heavy (non-hydrogen) atoms. The van der Waals surface area contributed by atoms with Gasteiger partial charge < -0.3 is 28.4 Å². The van der Waals surface area contributed by atoms with Crippen molar-refractivity contribution < 1.29 is 33.2 Å². The SMILES string of the molecule is COc1cc(C(=O)N(CCCN2CCOCC2)c2nc3c(OC)ccc(OC)c3s2)cc(OC)c1OC.Cl. The molecule has 2 aromatic carbocycles. The van der Waals surface area contributed by atoms with Gasteiger partial charge in [-0.05, 0) is 30.7 Å². The predicted octanol–water partition coefficient (Wildman–Crippen LogP) is 4.13. The van der Waals surface area contributed by atoms with Crippen molar-refractivity contribution in [1.29, 1.82) is 0 Å². The minimum Gasteiger partial charge on any atom is -0.495 e. The van der Waals surface area contributed by atoms with Gasteiger partial charge in [0.15, 0.2) is 16.6 Å². The van der Waals surface area contributed by atoms with Crippen LogP contribution in [0.25, 0.3) is 10.2 Å². The van der Waals surface area contributed by atoms with Crippen LogP contribution in [0.1, 0.15) is 16.8 Å². The second-order valence-electron chi connectivity index (χ2n) is 8.32. The van der Waals surface area contributed by atoms with Gasteiger partial charge in [-0.15, -0.1) is 12.4 Å². The Kier molecular flexibility index (Phi) is 10.7. The number of hydrogen-bond donors (Lipinski definition) is 0. The van der Waals surface area contributed by atoms with Gasteiger partial charge in [0, 0.05) is 31.7 Å². The number of nitrogens with zero attached hydrogens (tertiary/aromatic N) is 3. The number of fused-ring (bicyclic) bond motifs is 1. The monoisotopic (exact) mass is 567 g/mol. The summed E-state index contributed by atoms with van der Waals surface area (Å²) in [6.07, 6.45) is 0.764. The quantitative estimate of drug-likeness (QED) is 0.339. The first-order valence-electron chi connectivity index (χ1n) is 12.0. The van der Waals surface area contributed by atoms with Crippen molar-refractivity contribution in [3.8, 4) is 28.7 Å². The van der Waals surface area contributed by atoms with Crippen LogP contribution in [0.2, 0.25) is 0 Å². The van der Waals surface area contributed by atoms with Crippen LogP contribution in [0.4, 0.5) is 5.13 Å². The van der Waals surface area contributed by atoms with Gasteiger partial charge in [-0.25, -0.2) is 4.98 Å². The average Bonchev–Trinajstić information content (AvgIpc) is 3.39. The number of carbonyl (C=O) groups excluding carboxylic acids is 1. The third-order valence-electron chi connectivity index (χ3n) is 6.25. The molecule has 4 rings (SSSR count). The van der Waals surface area contributed by atoms with Crippen LogP contribution in [-0.4, -0.2) is 90.7 Å². The van der Waals surface area contributed by atoms with Crippen LogP contribution in [0.3, 0.4) is 0 Å². The Morgan fingerprint density at radius 3 is 2.13 bits per heavy atom. The highest BCUT2D eigenvalue weighted by Crippen LogP contribution is 2.42. The molecule has 0 radical (unpaired) electrons. The van der Waals surface area contributed by atoms with E-state index in [2.05, 4.69) is 4.90 Å². The molecular formula is C26H34ClN3O7S. The van der Waals surface area contributed by atoms with Crippen molar-refractivity contribution in [2.24, 2.45) is 0 Å². The number of ether oxygens (including phenoxy) is 6. The lowest BCUT2D eigenvalue weighted by Crippen LogP contribution is -2.39.